The summed E-state index contributed by atoms with van der Waals surface area (Å²) in [5.41, 5.74) is -0.0160. The average molecular weight is 307 g/mol. The number of benzene rings is 1. The maximum Gasteiger partial charge on any atom is 0.185 e. The Labute approximate surface area is 104 Å². The molecule has 0 radical (unpaired) electrons. The van der Waals surface area contributed by atoms with Crippen LogP contribution in [0.1, 0.15) is 13.8 Å². The Bertz CT molecular complexity index is 395. The van der Waals surface area contributed by atoms with Crippen LogP contribution in [0.25, 0.3) is 0 Å². The summed E-state index contributed by atoms with van der Waals surface area (Å²) >= 11 is 3.33. The molecule has 0 aliphatic carbocycles. The summed E-state index contributed by atoms with van der Waals surface area (Å²) in [5.74, 6) is -1.48. The predicted octanol–water partition coefficient (Wildman–Crippen LogP) is 3.41. The Morgan fingerprint density at radius 3 is 1.94 bits per heavy atom. The zero-order valence-electron chi connectivity index (χ0n) is 9.86. The monoisotopic (exact) mass is 306 g/mol. The van der Waals surface area contributed by atoms with Crippen LogP contribution in [-0.4, -0.2) is 19.9 Å². The lowest BCUT2D eigenvalue weighted by Gasteiger charge is -2.20. The Kier molecular flexibility index (Phi) is 4.45. The lowest BCUT2D eigenvalue weighted by atomic mass is 10.3. The summed E-state index contributed by atoms with van der Waals surface area (Å²) in [6.45, 7) is 3.81. The van der Waals surface area contributed by atoms with Crippen LogP contribution in [0, 0.1) is 0 Å². The number of hydrogen-bond donors (Lipinski definition) is 0. The smallest absolute Gasteiger partial charge is 0.185 e. The van der Waals surface area contributed by atoms with Crippen LogP contribution in [-0.2, 0) is 4.57 Å². The molecule has 0 bridgehead atoms. The molecular formula is C11H16BrO3P. The van der Waals surface area contributed by atoms with E-state index in [1.807, 2.05) is 19.9 Å². The van der Waals surface area contributed by atoms with E-state index in [0.717, 1.165) is 0 Å². The molecule has 1 atom stereocenters. The lowest BCUT2D eigenvalue weighted by molar-refractivity contribution is 0.400. The molecule has 1 aromatic rings. The molecule has 0 amide bonds. The highest BCUT2D eigenvalue weighted by Gasteiger charge is 2.32. The second-order valence-electron chi connectivity index (χ2n) is 3.68. The topological polar surface area (TPSA) is 35.5 Å². The SMILES string of the molecule is COc1cccc(OC)c1P(=O)(Br)C(C)C. The van der Waals surface area contributed by atoms with E-state index in [-0.39, 0.29) is 5.66 Å². The minimum Gasteiger partial charge on any atom is -0.496 e. The van der Waals surface area contributed by atoms with E-state index in [9.17, 15) is 4.57 Å². The molecule has 1 aromatic carbocycles. The van der Waals surface area contributed by atoms with Gasteiger partial charge in [0.15, 0.2) is 5.84 Å². The maximum absolute atomic E-state index is 12.6. The number of ether oxygens (including phenoxy) is 2. The van der Waals surface area contributed by atoms with Gasteiger partial charge in [0.05, 0.1) is 14.2 Å². The molecule has 0 heterocycles. The van der Waals surface area contributed by atoms with Crippen LogP contribution < -0.4 is 14.8 Å². The van der Waals surface area contributed by atoms with E-state index in [1.54, 1.807) is 26.4 Å². The maximum atomic E-state index is 12.6. The van der Waals surface area contributed by atoms with Crippen molar-refractivity contribution >= 4 is 26.6 Å². The average Bonchev–Trinajstić information content (AvgIpc) is 2.27. The first-order chi connectivity index (χ1) is 7.45. The van der Waals surface area contributed by atoms with Gasteiger partial charge >= 0.3 is 0 Å². The van der Waals surface area contributed by atoms with Gasteiger partial charge in [-0.3, -0.25) is 0 Å². The molecule has 0 saturated carbocycles. The van der Waals surface area contributed by atoms with E-state index in [2.05, 4.69) is 15.5 Å². The molecule has 0 saturated heterocycles. The third-order valence-corrected chi connectivity index (χ3v) is 8.27. The third-order valence-electron chi connectivity index (χ3n) is 2.37. The van der Waals surface area contributed by atoms with Gasteiger partial charge in [0.1, 0.15) is 16.8 Å². The van der Waals surface area contributed by atoms with Gasteiger partial charge in [0, 0.05) is 5.66 Å². The largest absolute Gasteiger partial charge is 0.496 e. The summed E-state index contributed by atoms with van der Waals surface area (Å²) in [6, 6.07) is 5.39. The fourth-order valence-corrected chi connectivity index (χ4v) is 3.89. The second kappa shape index (κ2) is 5.24. The molecule has 90 valence electrons. The third kappa shape index (κ3) is 2.44. The fourth-order valence-electron chi connectivity index (χ4n) is 1.39. The van der Waals surface area contributed by atoms with Crippen molar-refractivity contribution in [2.75, 3.05) is 14.2 Å². The highest BCUT2D eigenvalue weighted by molar-refractivity contribution is 9.41. The molecule has 1 rings (SSSR count). The van der Waals surface area contributed by atoms with Crippen LogP contribution >= 0.6 is 21.3 Å². The highest BCUT2D eigenvalue weighted by Crippen LogP contribution is 2.60. The molecule has 0 aliphatic heterocycles. The minimum atomic E-state index is -2.66. The molecule has 0 aromatic heterocycles. The van der Waals surface area contributed by atoms with Gasteiger partial charge in [0.25, 0.3) is 0 Å². The zero-order valence-corrected chi connectivity index (χ0v) is 12.3. The highest BCUT2D eigenvalue weighted by atomic mass is 79.9. The van der Waals surface area contributed by atoms with Crippen LogP contribution in [0.2, 0.25) is 0 Å². The number of hydrogen-bond acceptors (Lipinski definition) is 3. The lowest BCUT2D eigenvalue weighted by Crippen LogP contribution is -2.14. The van der Waals surface area contributed by atoms with Gasteiger partial charge in [-0.2, -0.15) is 0 Å². The predicted molar refractivity (Wildman–Crippen MR) is 70.8 cm³/mol. The summed E-state index contributed by atoms with van der Waals surface area (Å²) in [6.07, 6.45) is 0. The molecular weight excluding hydrogens is 291 g/mol. The van der Waals surface area contributed by atoms with Gasteiger partial charge in [0.2, 0.25) is 0 Å². The van der Waals surface area contributed by atoms with E-state index in [0.29, 0.717) is 16.8 Å². The van der Waals surface area contributed by atoms with Gasteiger partial charge < -0.3 is 14.0 Å². The van der Waals surface area contributed by atoms with E-state index in [1.165, 1.54) is 0 Å². The van der Waals surface area contributed by atoms with Gasteiger partial charge in [-0.05, 0) is 27.6 Å². The van der Waals surface area contributed by atoms with Gasteiger partial charge in [-0.15, -0.1) is 0 Å². The van der Waals surface area contributed by atoms with Crippen molar-refractivity contribution in [2.45, 2.75) is 19.5 Å². The van der Waals surface area contributed by atoms with Gasteiger partial charge in [-0.25, -0.2) is 0 Å². The van der Waals surface area contributed by atoms with Crippen LogP contribution in [0.5, 0.6) is 11.5 Å². The number of methoxy groups -OCH3 is 2. The molecule has 16 heavy (non-hydrogen) atoms. The Hall–Kier alpha value is -0.470. The van der Waals surface area contributed by atoms with E-state index >= 15 is 0 Å². The second-order valence-corrected chi connectivity index (χ2v) is 9.48. The van der Waals surface area contributed by atoms with Crippen LogP contribution in [0.3, 0.4) is 0 Å². The van der Waals surface area contributed by atoms with Crippen molar-refractivity contribution in [1.82, 2.24) is 0 Å². The molecule has 1 unspecified atom stereocenters. The standard InChI is InChI=1S/C11H16BrO3P/c1-8(2)16(12,13)11-9(14-3)6-5-7-10(11)15-4/h5-8H,1-4H3. The molecule has 3 nitrogen and oxygen atoms in total. The van der Waals surface area contributed by atoms with Crippen LogP contribution in [0.4, 0.5) is 0 Å². The molecule has 0 aliphatic rings. The number of halogens is 1. The van der Waals surface area contributed by atoms with Crippen molar-refractivity contribution < 1.29 is 14.0 Å². The molecule has 0 spiro atoms. The molecule has 0 N–H and O–H groups in total. The minimum absolute atomic E-state index is 0.0160. The first-order valence-electron chi connectivity index (χ1n) is 4.96. The molecule has 5 heteroatoms. The van der Waals surface area contributed by atoms with Crippen molar-refractivity contribution in [3.63, 3.8) is 0 Å². The van der Waals surface area contributed by atoms with Crippen molar-refractivity contribution in [3.8, 4) is 11.5 Å². The van der Waals surface area contributed by atoms with Crippen molar-refractivity contribution in [1.29, 1.82) is 0 Å². The zero-order chi connectivity index (χ0) is 12.3. The Morgan fingerprint density at radius 1 is 1.19 bits per heavy atom. The Balaban J connectivity index is 3.46. The fraction of sp³-hybridized carbons (Fsp3) is 0.455. The summed E-state index contributed by atoms with van der Waals surface area (Å²) < 4.78 is 23.1. The van der Waals surface area contributed by atoms with Crippen molar-refractivity contribution in [3.05, 3.63) is 18.2 Å². The first kappa shape index (κ1) is 13.6. The summed E-state index contributed by atoms with van der Waals surface area (Å²) in [7, 11) is 3.12. The van der Waals surface area contributed by atoms with E-state index in [4.69, 9.17) is 9.47 Å². The number of rotatable bonds is 4. The quantitative estimate of drug-likeness (QED) is 0.800. The normalized spacial score (nSPS) is 14.6. The van der Waals surface area contributed by atoms with E-state index < -0.39 is 5.84 Å². The first-order valence-corrected chi connectivity index (χ1v) is 8.75. The van der Waals surface area contributed by atoms with Crippen LogP contribution in [0.15, 0.2) is 18.2 Å². The summed E-state index contributed by atoms with van der Waals surface area (Å²) in [5, 5.41) is 0.620. The Morgan fingerprint density at radius 2 is 1.62 bits per heavy atom. The van der Waals surface area contributed by atoms with Crippen molar-refractivity contribution in [2.24, 2.45) is 0 Å². The molecule has 0 fully saturated rings. The van der Waals surface area contributed by atoms with Gasteiger partial charge in [-0.1, -0.05) is 19.9 Å². The summed E-state index contributed by atoms with van der Waals surface area (Å²) in [4.78, 5) is 0.